The SMILES string of the molecule is COc1ccc([C@H](C)NC(=O)c2ccc3cnn(Cc4ccc(C)cc4)c3c2)cc1OC. The van der Waals surface area contributed by atoms with Crippen LogP contribution in [0.3, 0.4) is 0 Å². The first-order chi connectivity index (χ1) is 15.5. The fraction of sp³-hybridized carbons (Fsp3) is 0.231. The number of hydrogen-bond donors (Lipinski definition) is 1. The molecule has 6 heteroatoms. The molecule has 1 atom stereocenters. The van der Waals surface area contributed by atoms with Gasteiger partial charge in [-0.25, -0.2) is 0 Å². The van der Waals surface area contributed by atoms with Gasteiger partial charge in [-0.05, 0) is 49.2 Å². The minimum absolute atomic E-state index is 0.141. The van der Waals surface area contributed by atoms with E-state index in [0.29, 0.717) is 23.6 Å². The molecule has 6 nitrogen and oxygen atoms in total. The largest absolute Gasteiger partial charge is 0.493 e. The number of carbonyl (C=O) groups excluding carboxylic acids is 1. The minimum Gasteiger partial charge on any atom is -0.493 e. The van der Waals surface area contributed by atoms with E-state index in [9.17, 15) is 4.79 Å². The fourth-order valence-electron chi connectivity index (χ4n) is 3.69. The second-order valence-electron chi connectivity index (χ2n) is 7.87. The Balaban J connectivity index is 1.54. The van der Waals surface area contributed by atoms with Gasteiger partial charge in [-0.2, -0.15) is 5.10 Å². The number of amides is 1. The fourth-order valence-corrected chi connectivity index (χ4v) is 3.69. The Morgan fingerprint density at radius 3 is 2.47 bits per heavy atom. The van der Waals surface area contributed by atoms with Crippen LogP contribution in [0.2, 0.25) is 0 Å². The molecule has 0 unspecified atom stereocenters. The molecule has 0 saturated carbocycles. The van der Waals surface area contributed by atoms with Crippen LogP contribution >= 0.6 is 0 Å². The lowest BCUT2D eigenvalue weighted by atomic mass is 10.1. The molecule has 0 radical (unpaired) electrons. The first-order valence-corrected chi connectivity index (χ1v) is 10.5. The lowest BCUT2D eigenvalue weighted by Gasteiger charge is -2.17. The second kappa shape index (κ2) is 9.14. The van der Waals surface area contributed by atoms with Gasteiger partial charge in [0.1, 0.15) is 0 Å². The smallest absolute Gasteiger partial charge is 0.251 e. The maximum Gasteiger partial charge on any atom is 0.251 e. The van der Waals surface area contributed by atoms with Crippen LogP contribution in [-0.2, 0) is 6.54 Å². The number of nitrogens with zero attached hydrogens (tertiary/aromatic N) is 2. The lowest BCUT2D eigenvalue weighted by molar-refractivity contribution is 0.0940. The minimum atomic E-state index is -0.199. The Hall–Kier alpha value is -3.80. The van der Waals surface area contributed by atoms with Crippen molar-refractivity contribution in [3.8, 4) is 11.5 Å². The quantitative estimate of drug-likeness (QED) is 0.454. The molecule has 0 aliphatic rings. The van der Waals surface area contributed by atoms with Crippen molar-refractivity contribution < 1.29 is 14.3 Å². The van der Waals surface area contributed by atoms with E-state index in [0.717, 1.165) is 22.0 Å². The number of ether oxygens (including phenoxy) is 2. The summed E-state index contributed by atoms with van der Waals surface area (Å²) < 4.78 is 12.6. The van der Waals surface area contributed by atoms with Crippen LogP contribution in [0.25, 0.3) is 10.9 Å². The van der Waals surface area contributed by atoms with Gasteiger partial charge in [-0.3, -0.25) is 9.48 Å². The van der Waals surface area contributed by atoms with Gasteiger partial charge < -0.3 is 14.8 Å². The van der Waals surface area contributed by atoms with Crippen LogP contribution in [0.4, 0.5) is 0 Å². The molecule has 0 aliphatic carbocycles. The summed E-state index contributed by atoms with van der Waals surface area (Å²) in [6, 6.07) is 19.5. The average Bonchev–Trinajstić information content (AvgIpc) is 3.21. The van der Waals surface area contributed by atoms with Gasteiger partial charge in [0.2, 0.25) is 0 Å². The third-order valence-corrected chi connectivity index (χ3v) is 5.62. The predicted molar refractivity (Wildman–Crippen MR) is 125 cm³/mol. The van der Waals surface area contributed by atoms with Gasteiger partial charge >= 0.3 is 0 Å². The Morgan fingerprint density at radius 1 is 1.00 bits per heavy atom. The summed E-state index contributed by atoms with van der Waals surface area (Å²) in [5.41, 5.74) is 4.84. The van der Waals surface area contributed by atoms with E-state index in [-0.39, 0.29) is 11.9 Å². The maximum absolute atomic E-state index is 13.0. The van der Waals surface area contributed by atoms with Crippen molar-refractivity contribution in [2.24, 2.45) is 0 Å². The number of nitrogens with one attached hydrogen (secondary N) is 1. The van der Waals surface area contributed by atoms with Gasteiger partial charge in [0.05, 0.1) is 38.5 Å². The van der Waals surface area contributed by atoms with Crippen LogP contribution in [0.1, 0.15) is 40.0 Å². The summed E-state index contributed by atoms with van der Waals surface area (Å²) in [7, 11) is 3.20. The highest BCUT2D eigenvalue weighted by atomic mass is 16.5. The first kappa shape index (κ1) is 21.4. The van der Waals surface area contributed by atoms with Gasteiger partial charge in [-0.15, -0.1) is 0 Å². The lowest BCUT2D eigenvalue weighted by Crippen LogP contribution is -2.26. The zero-order valence-electron chi connectivity index (χ0n) is 18.8. The topological polar surface area (TPSA) is 65.4 Å². The number of aromatic nitrogens is 2. The molecular formula is C26H27N3O3. The van der Waals surface area contributed by atoms with Crippen molar-refractivity contribution in [2.75, 3.05) is 14.2 Å². The number of rotatable bonds is 7. The molecule has 0 fully saturated rings. The number of benzene rings is 3. The molecule has 4 aromatic rings. The van der Waals surface area contributed by atoms with Crippen LogP contribution in [0.5, 0.6) is 11.5 Å². The average molecular weight is 430 g/mol. The van der Waals surface area contributed by atoms with Crippen molar-refractivity contribution in [1.82, 2.24) is 15.1 Å². The van der Waals surface area contributed by atoms with Crippen LogP contribution in [0, 0.1) is 6.92 Å². The predicted octanol–water partition coefficient (Wildman–Crippen LogP) is 4.90. The third kappa shape index (κ3) is 4.44. The molecule has 0 saturated heterocycles. The summed E-state index contributed by atoms with van der Waals surface area (Å²) in [6.07, 6.45) is 1.83. The van der Waals surface area contributed by atoms with Crippen molar-refractivity contribution in [3.63, 3.8) is 0 Å². The van der Waals surface area contributed by atoms with Crippen molar-refractivity contribution in [1.29, 1.82) is 0 Å². The van der Waals surface area contributed by atoms with E-state index in [2.05, 4.69) is 41.6 Å². The second-order valence-corrected chi connectivity index (χ2v) is 7.87. The summed E-state index contributed by atoms with van der Waals surface area (Å²) in [5, 5.41) is 8.59. The van der Waals surface area contributed by atoms with E-state index in [1.54, 1.807) is 14.2 Å². The van der Waals surface area contributed by atoms with E-state index in [1.807, 2.05) is 54.2 Å². The van der Waals surface area contributed by atoms with Gasteiger partial charge in [0.25, 0.3) is 5.91 Å². The zero-order chi connectivity index (χ0) is 22.7. The monoisotopic (exact) mass is 429 g/mol. The van der Waals surface area contributed by atoms with Crippen LogP contribution < -0.4 is 14.8 Å². The number of fused-ring (bicyclic) bond motifs is 1. The van der Waals surface area contributed by atoms with Gasteiger partial charge in [0.15, 0.2) is 11.5 Å². The maximum atomic E-state index is 13.0. The molecule has 3 aromatic carbocycles. The number of aryl methyl sites for hydroxylation is 1. The Kier molecular flexibility index (Phi) is 6.12. The van der Waals surface area contributed by atoms with Crippen molar-refractivity contribution in [3.05, 3.63) is 89.1 Å². The zero-order valence-corrected chi connectivity index (χ0v) is 18.8. The molecule has 164 valence electrons. The number of methoxy groups -OCH3 is 2. The normalized spacial score (nSPS) is 11.9. The Labute approximate surface area is 187 Å². The molecule has 4 rings (SSSR count). The van der Waals surface area contributed by atoms with Crippen molar-refractivity contribution >= 4 is 16.8 Å². The molecule has 1 aromatic heterocycles. The van der Waals surface area contributed by atoms with E-state index in [4.69, 9.17) is 9.47 Å². The molecule has 0 spiro atoms. The Morgan fingerprint density at radius 2 is 1.75 bits per heavy atom. The number of carbonyl (C=O) groups is 1. The molecule has 1 heterocycles. The highest BCUT2D eigenvalue weighted by Gasteiger charge is 2.15. The Bertz CT molecular complexity index is 1250. The number of hydrogen-bond acceptors (Lipinski definition) is 4. The molecular weight excluding hydrogens is 402 g/mol. The summed E-state index contributed by atoms with van der Waals surface area (Å²) in [5.74, 6) is 1.15. The van der Waals surface area contributed by atoms with Gasteiger partial charge in [-0.1, -0.05) is 42.0 Å². The standard InChI is InChI=1S/C26H27N3O3/c1-17-5-7-19(8-6-17)16-29-23-13-21(9-10-22(23)15-27-29)26(30)28-18(2)20-11-12-24(31-3)25(14-20)32-4/h5-15,18H,16H2,1-4H3,(H,28,30)/t18-/m0/s1. The highest BCUT2D eigenvalue weighted by molar-refractivity contribution is 5.98. The van der Waals surface area contributed by atoms with Gasteiger partial charge in [0, 0.05) is 10.9 Å². The molecule has 0 bridgehead atoms. The van der Waals surface area contributed by atoms with E-state index >= 15 is 0 Å². The van der Waals surface area contributed by atoms with E-state index < -0.39 is 0 Å². The first-order valence-electron chi connectivity index (χ1n) is 10.5. The molecule has 1 N–H and O–H groups in total. The molecule has 0 aliphatic heterocycles. The summed E-state index contributed by atoms with van der Waals surface area (Å²) in [6.45, 7) is 4.66. The molecule has 32 heavy (non-hydrogen) atoms. The van der Waals surface area contributed by atoms with Crippen LogP contribution in [0.15, 0.2) is 66.9 Å². The molecule has 1 amide bonds. The van der Waals surface area contributed by atoms with Crippen LogP contribution in [-0.4, -0.2) is 29.9 Å². The van der Waals surface area contributed by atoms with Crippen molar-refractivity contribution in [2.45, 2.75) is 26.4 Å². The summed E-state index contributed by atoms with van der Waals surface area (Å²) >= 11 is 0. The summed E-state index contributed by atoms with van der Waals surface area (Å²) in [4.78, 5) is 13.0. The highest BCUT2D eigenvalue weighted by Crippen LogP contribution is 2.30. The van der Waals surface area contributed by atoms with E-state index in [1.165, 1.54) is 5.56 Å². The third-order valence-electron chi connectivity index (χ3n) is 5.62.